The fraction of sp³-hybridized carbons (Fsp3) is 0.375. The van der Waals surface area contributed by atoms with Crippen molar-refractivity contribution in [2.24, 2.45) is 0 Å². The zero-order valence-electron chi connectivity index (χ0n) is 12.4. The molecule has 1 aromatic rings. The molecule has 114 valence electrons. The highest BCUT2D eigenvalue weighted by molar-refractivity contribution is 6.05. The van der Waals surface area contributed by atoms with Crippen LogP contribution < -0.4 is 0 Å². The Morgan fingerprint density at radius 3 is 2.29 bits per heavy atom. The molecule has 1 aromatic carbocycles. The minimum atomic E-state index is -1.86. The third kappa shape index (κ3) is 3.68. The highest BCUT2D eigenvalue weighted by Gasteiger charge is 2.48. The van der Waals surface area contributed by atoms with Gasteiger partial charge in [0.2, 0.25) is 0 Å². The Bertz CT molecular complexity index is 544. The largest absolute Gasteiger partial charge is 0.480 e. The van der Waals surface area contributed by atoms with E-state index in [4.69, 9.17) is 4.74 Å². The van der Waals surface area contributed by atoms with Gasteiger partial charge in [-0.15, -0.1) is 0 Å². The molecule has 0 radical (unpaired) electrons. The lowest BCUT2D eigenvalue weighted by atomic mass is 9.77. The van der Waals surface area contributed by atoms with Crippen molar-refractivity contribution in [3.63, 3.8) is 0 Å². The van der Waals surface area contributed by atoms with Crippen molar-refractivity contribution in [1.29, 1.82) is 0 Å². The van der Waals surface area contributed by atoms with Crippen molar-refractivity contribution in [2.45, 2.75) is 32.6 Å². The van der Waals surface area contributed by atoms with E-state index in [0.29, 0.717) is 0 Å². The van der Waals surface area contributed by atoms with Crippen LogP contribution >= 0.6 is 0 Å². The number of benzene rings is 1. The maximum Gasteiger partial charge on any atom is 0.328 e. The first-order valence-corrected chi connectivity index (χ1v) is 6.64. The number of carbonyl (C=O) groups excluding carboxylic acids is 1. The molecular weight excluding hydrogens is 275 g/mol. The lowest BCUT2D eigenvalue weighted by Gasteiger charge is -2.26. The summed E-state index contributed by atoms with van der Waals surface area (Å²) < 4.78 is 18.0. The Morgan fingerprint density at radius 2 is 1.86 bits per heavy atom. The Morgan fingerprint density at radius 1 is 1.29 bits per heavy atom. The number of carboxylic acids is 1. The number of hydrogen-bond acceptors (Lipinski definition) is 3. The molecule has 0 fully saturated rings. The topological polar surface area (TPSA) is 63.6 Å². The quantitative estimate of drug-likeness (QED) is 0.497. The number of allylic oxidation sites excluding steroid dienone is 2. The molecule has 0 aliphatic heterocycles. The molecule has 5 heteroatoms. The van der Waals surface area contributed by atoms with Gasteiger partial charge in [0.15, 0.2) is 5.41 Å². The van der Waals surface area contributed by atoms with E-state index >= 15 is 0 Å². The molecule has 1 rings (SSSR count). The van der Waals surface area contributed by atoms with Gasteiger partial charge in [-0.3, -0.25) is 9.59 Å². The molecule has 21 heavy (non-hydrogen) atoms. The number of carboxylic acid groups (broad SMARTS) is 1. The minimum absolute atomic E-state index is 0.0465. The number of carbonyl (C=O) groups is 2. The van der Waals surface area contributed by atoms with E-state index in [1.807, 2.05) is 13.8 Å². The van der Waals surface area contributed by atoms with Gasteiger partial charge in [-0.1, -0.05) is 23.8 Å². The van der Waals surface area contributed by atoms with Crippen LogP contribution in [-0.4, -0.2) is 23.7 Å². The van der Waals surface area contributed by atoms with Crippen LogP contribution in [0.4, 0.5) is 4.39 Å². The average Bonchev–Trinajstić information content (AvgIpc) is 2.41. The molecule has 0 aromatic heterocycles. The summed E-state index contributed by atoms with van der Waals surface area (Å²) >= 11 is 0. The van der Waals surface area contributed by atoms with Gasteiger partial charge in [0.1, 0.15) is 5.82 Å². The van der Waals surface area contributed by atoms with Gasteiger partial charge in [0.25, 0.3) is 0 Å². The Balaban J connectivity index is 3.42. The number of esters is 1. The van der Waals surface area contributed by atoms with Gasteiger partial charge in [-0.25, -0.2) is 4.39 Å². The van der Waals surface area contributed by atoms with Crippen molar-refractivity contribution in [3.05, 3.63) is 47.3 Å². The molecule has 0 aliphatic carbocycles. The van der Waals surface area contributed by atoms with E-state index in [9.17, 15) is 19.1 Å². The summed E-state index contributed by atoms with van der Waals surface area (Å²) in [6, 6.07) is 4.88. The first kappa shape index (κ1) is 16.9. The molecule has 4 nitrogen and oxygen atoms in total. The number of ether oxygens (including phenoxy) is 1. The first-order chi connectivity index (χ1) is 9.84. The Kier molecular flexibility index (Phi) is 5.64. The van der Waals surface area contributed by atoms with E-state index in [-0.39, 0.29) is 18.6 Å². The highest BCUT2D eigenvalue weighted by Crippen LogP contribution is 2.32. The molecule has 0 saturated carbocycles. The summed E-state index contributed by atoms with van der Waals surface area (Å²) in [5.41, 5.74) is -0.777. The minimum Gasteiger partial charge on any atom is -0.480 e. The van der Waals surface area contributed by atoms with E-state index in [1.165, 1.54) is 12.1 Å². The van der Waals surface area contributed by atoms with Crippen LogP contribution in [0.15, 0.2) is 35.9 Å². The van der Waals surface area contributed by atoms with Crippen molar-refractivity contribution in [3.8, 4) is 0 Å². The van der Waals surface area contributed by atoms with Crippen LogP contribution in [0, 0.1) is 5.82 Å². The molecule has 0 amide bonds. The van der Waals surface area contributed by atoms with Gasteiger partial charge >= 0.3 is 11.9 Å². The zero-order chi connectivity index (χ0) is 16.0. The number of hydrogen-bond donors (Lipinski definition) is 1. The summed E-state index contributed by atoms with van der Waals surface area (Å²) in [6.07, 6.45) is 1.61. The molecular formula is C16H19FO4. The highest BCUT2D eigenvalue weighted by atomic mass is 19.1. The fourth-order valence-corrected chi connectivity index (χ4v) is 1.96. The van der Waals surface area contributed by atoms with E-state index in [2.05, 4.69) is 0 Å². The summed E-state index contributed by atoms with van der Waals surface area (Å²) in [6.45, 7) is 5.30. The lowest BCUT2D eigenvalue weighted by molar-refractivity contribution is -0.161. The van der Waals surface area contributed by atoms with E-state index < -0.39 is 23.2 Å². The van der Waals surface area contributed by atoms with Crippen LogP contribution in [0.2, 0.25) is 0 Å². The van der Waals surface area contributed by atoms with Gasteiger partial charge in [0.05, 0.1) is 6.61 Å². The van der Waals surface area contributed by atoms with Crippen LogP contribution in [-0.2, 0) is 19.7 Å². The molecule has 0 spiro atoms. The predicted molar refractivity (Wildman–Crippen MR) is 76.4 cm³/mol. The molecule has 1 atom stereocenters. The lowest BCUT2D eigenvalue weighted by Crippen LogP contribution is -2.44. The second kappa shape index (κ2) is 7.02. The standard InChI is InChI=1S/C16H19FO4/c1-4-21-15(20)16(14(18)19,10-9-11(2)3)12-5-7-13(17)8-6-12/h5-9H,4,10H2,1-3H3,(H,18,19). The van der Waals surface area contributed by atoms with Gasteiger partial charge < -0.3 is 9.84 Å². The third-order valence-corrected chi connectivity index (χ3v) is 3.14. The number of halogens is 1. The SMILES string of the molecule is CCOC(=O)C(CC=C(C)C)(C(=O)O)c1ccc(F)cc1. The Labute approximate surface area is 123 Å². The van der Waals surface area contributed by atoms with Crippen molar-refractivity contribution in [2.75, 3.05) is 6.61 Å². The molecule has 0 aliphatic rings. The van der Waals surface area contributed by atoms with Gasteiger partial charge in [-0.05, 0) is 44.9 Å². The maximum atomic E-state index is 13.1. The summed E-state index contributed by atoms with van der Waals surface area (Å²) in [5, 5.41) is 9.63. The third-order valence-electron chi connectivity index (χ3n) is 3.14. The number of rotatable bonds is 6. The van der Waals surface area contributed by atoms with Gasteiger partial charge in [0, 0.05) is 0 Å². The van der Waals surface area contributed by atoms with Crippen LogP contribution in [0.1, 0.15) is 32.8 Å². The second-order valence-corrected chi connectivity index (χ2v) is 4.92. The molecule has 1 N–H and O–H groups in total. The van der Waals surface area contributed by atoms with Gasteiger partial charge in [-0.2, -0.15) is 0 Å². The molecule has 0 heterocycles. The second-order valence-electron chi connectivity index (χ2n) is 4.92. The predicted octanol–water partition coefficient (Wildman–Crippen LogP) is 3.07. The van der Waals surface area contributed by atoms with Crippen molar-refractivity contribution < 1.29 is 23.8 Å². The summed E-state index contributed by atoms with van der Waals surface area (Å²) in [4.78, 5) is 24.1. The monoisotopic (exact) mass is 294 g/mol. The van der Waals surface area contributed by atoms with Crippen molar-refractivity contribution in [1.82, 2.24) is 0 Å². The fourth-order valence-electron chi connectivity index (χ4n) is 1.96. The molecule has 0 saturated heterocycles. The number of aliphatic carboxylic acids is 1. The molecule has 0 bridgehead atoms. The first-order valence-electron chi connectivity index (χ1n) is 6.64. The Hall–Kier alpha value is -2.17. The van der Waals surface area contributed by atoms with E-state index in [1.54, 1.807) is 13.0 Å². The normalized spacial score (nSPS) is 13.1. The van der Waals surface area contributed by atoms with E-state index in [0.717, 1.165) is 17.7 Å². The average molecular weight is 294 g/mol. The van der Waals surface area contributed by atoms with Crippen LogP contribution in [0.5, 0.6) is 0 Å². The van der Waals surface area contributed by atoms with Crippen molar-refractivity contribution >= 4 is 11.9 Å². The zero-order valence-corrected chi connectivity index (χ0v) is 12.4. The maximum absolute atomic E-state index is 13.1. The molecule has 1 unspecified atom stereocenters. The van der Waals surface area contributed by atoms with Crippen LogP contribution in [0.3, 0.4) is 0 Å². The van der Waals surface area contributed by atoms with Crippen LogP contribution in [0.25, 0.3) is 0 Å². The summed E-state index contributed by atoms with van der Waals surface area (Å²) in [5.74, 6) is -2.66. The smallest absolute Gasteiger partial charge is 0.328 e. The summed E-state index contributed by atoms with van der Waals surface area (Å²) in [7, 11) is 0.